The molecule has 0 aromatic carbocycles. The van der Waals surface area contributed by atoms with Gasteiger partial charge in [0.15, 0.2) is 12.4 Å². The first kappa shape index (κ1) is 6.56. The van der Waals surface area contributed by atoms with Crippen LogP contribution >= 0.6 is 0 Å². The van der Waals surface area contributed by atoms with Gasteiger partial charge in [0.2, 0.25) is 6.54 Å². The van der Waals surface area contributed by atoms with Gasteiger partial charge >= 0.3 is 0 Å². The lowest BCUT2D eigenvalue weighted by Gasteiger charge is -1.88. The molecular formula is C7H8N3+. The number of nitriles is 1. The second-order valence-electron chi connectivity index (χ2n) is 1.96. The SMILES string of the molecule is N#CC[n+]1ccc(N)cc1. The third-order valence-electron chi connectivity index (χ3n) is 1.17. The second kappa shape index (κ2) is 2.83. The largest absolute Gasteiger partial charge is 0.398 e. The number of aromatic nitrogens is 1. The third-order valence-corrected chi connectivity index (χ3v) is 1.17. The number of hydrogen-bond donors (Lipinski definition) is 1. The van der Waals surface area contributed by atoms with Crippen LogP contribution in [0.15, 0.2) is 24.5 Å². The van der Waals surface area contributed by atoms with Gasteiger partial charge in [-0.2, -0.15) is 9.83 Å². The maximum absolute atomic E-state index is 8.29. The standard InChI is InChI=1S/C7H7N3/c8-3-6-10-4-1-7(9)2-5-10/h1-2,4-5,9H,6H2/p+1. The van der Waals surface area contributed by atoms with E-state index in [4.69, 9.17) is 11.0 Å². The highest BCUT2D eigenvalue weighted by Gasteiger charge is 1.94. The van der Waals surface area contributed by atoms with Crippen LogP contribution in [0, 0.1) is 11.3 Å². The smallest absolute Gasteiger partial charge is 0.233 e. The molecule has 0 saturated heterocycles. The van der Waals surface area contributed by atoms with E-state index in [0.29, 0.717) is 12.2 Å². The van der Waals surface area contributed by atoms with E-state index in [9.17, 15) is 0 Å². The molecule has 1 aromatic heterocycles. The van der Waals surface area contributed by atoms with Crippen LogP contribution < -0.4 is 10.3 Å². The molecule has 0 unspecified atom stereocenters. The molecule has 0 aliphatic heterocycles. The highest BCUT2D eigenvalue weighted by Crippen LogP contribution is 1.92. The van der Waals surface area contributed by atoms with Gasteiger partial charge in [0, 0.05) is 17.8 Å². The molecule has 0 radical (unpaired) electrons. The molecule has 0 spiro atoms. The Morgan fingerprint density at radius 1 is 1.50 bits per heavy atom. The average molecular weight is 134 g/mol. The first-order chi connectivity index (χ1) is 4.83. The van der Waals surface area contributed by atoms with E-state index in [2.05, 4.69) is 0 Å². The van der Waals surface area contributed by atoms with Crippen LogP contribution in [0.25, 0.3) is 0 Å². The van der Waals surface area contributed by atoms with E-state index in [1.165, 1.54) is 0 Å². The Morgan fingerprint density at radius 3 is 2.60 bits per heavy atom. The number of hydrogen-bond acceptors (Lipinski definition) is 2. The van der Waals surface area contributed by atoms with Crippen LogP contribution in [0.5, 0.6) is 0 Å². The highest BCUT2D eigenvalue weighted by molar-refractivity contribution is 5.32. The normalized spacial score (nSPS) is 8.70. The monoisotopic (exact) mass is 134 g/mol. The zero-order valence-corrected chi connectivity index (χ0v) is 5.49. The third kappa shape index (κ3) is 1.46. The Hall–Kier alpha value is -1.56. The summed E-state index contributed by atoms with van der Waals surface area (Å²) in [6.45, 7) is 0.375. The Kier molecular flexibility index (Phi) is 1.86. The van der Waals surface area contributed by atoms with Crippen LogP contribution in [-0.4, -0.2) is 0 Å². The molecule has 0 bridgehead atoms. The molecule has 1 heterocycles. The summed E-state index contributed by atoms with van der Waals surface area (Å²) >= 11 is 0. The second-order valence-corrected chi connectivity index (χ2v) is 1.96. The Bertz CT molecular complexity index is 245. The van der Waals surface area contributed by atoms with Crippen molar-refractivity contribution in [2.45, 2.75) is 6.54 Å². The van der Waals surface area contributed by atoms with Crippen LogP contribution in [0.1, 0.15) is 0 Å². The van der Waals surface area contributed by atoms with Crippen molar-refractivity contribution in [1.82, 2.24) is 0 Å². The molecule has 3 nitrogen and oxygen atoms in total. The van der Waals surface area contributed by atoms with Crippen molar-refractivity contribution < 1.29 is 4.57 Å². The van der Waals surface area contributed by atoms with Gasteiger partial charge in [0.25, 0.3) is 0 Å². The van der Waals surface area contributed by atoms with Crippen LogP contribution in [0.4, 0.5) is 5.69 Å². The summed E-state index contributed by atoms with van der Waals surface area (Å²) in [6.07, 6.45) is 3.55. The van der Waals surface area contributed by atoms with Gasteiger partial charge in [-0.15, -0.1) is 0 Å². The zero-order chi connectivity index (χ0) is 7.40. The molecule has 1 rings (SSSR count). The molecule has 0 aliphatic rings. The first-order valence-electron chi connectivity index (χ1n) is 2.94. The summed E-state index contributed by atoms with van der Waals surface area (Å²) in [5.74, 6) is 0. The number of nitrogens with two attached hydrogens (primary N) is 1. The lowest BCUT2D eigenvalue weighted by molar-refractivity contribution is -0.685. The summed E-state index contributed by atoms with van der Waals surface area (Å²) in [4.78, 5) is 0. The molecule has 0 atom stereocenters. The molecule has 3 heteroatoms. The fraction of sp³-hybridized carbons (Fsp3) is 0.143. The van der Waals surface area contributed by atoms with Crippen LogP contribution in [0.2, 0.25) is 0 Å². The van der Waals surface area contributed by atoms with Gasteiger partial charge < -0.3 is 5.73 Å². The summed E-state index contributed by atoms with van der Waals surface area (Å²) < 4.78 is 1.76. The maximum Gasteiger partial charge on any atom is 0.233 e. The zero-order valence-electron chi connectivity index (χ0n) is 5.49. The summed E-state index contributed by atoms with van der Waals surface area (Å²) in [5, 5.41) is 8.29. The average Bonchev–Trinajstić information content (AvgIpc) is 1.95. The molecule has 0 amide bonds. The topological polar surface area (TPSA) is 53.7 Å². The minimum absolute atomic E-state index is 0.375. The summed E-state index contributed by atoms with van der Waals surface area (Å²) in [6, 6.07) is 5.55. The van der Waals surface area contributed by atoms with Gasteiger partial charge in [-0.3, -0.25) is 0 Å². The van der Waals surface area contributed by atoms with Crippen molar-refractivity contribution in [3.8, 4) is 6.07 Å². The fourth-order valence-corrected chi connectivity index (χ4v) is 0.656. The molecular weight excluding hydrogens is 126 g/mol. The molecule has 10 heavy (non-hydrogen) atoms. The molecule has 0 fully saturated rings. The molecule has 0 saturated carbocycles. The minimum Gasteiger partial charge on any atom is -0.398 e. The van der Waals surface area contributed by atoms with Gasteiger partial charge in [-0.1, -0.05) is 0 Å². The van der Waals surface area contributed by atoms with Crippen molar-refractivity contribution in [1.29, 1.82) is 5.26 Å². The quantitative estimate of drug-likeness (QED) is 0.553. The summed E-state index contributed by atoms with van der Waals surface area (Å²) in [5.41, 5.74) is 6.14. The predicted octanol–water partition coefficient (Wildman–Crippen LogP) is 0.0799. The number of anilines is 1. The molecule has 50 valence electrons. The number of rotatable bonds is 1. The lowest BCUT2D eigenvalue weighted by Crippen LogP contribution is -2.31. The Morgan fingerprint density at radius 2 is 2.10 bits per heavy atom. The fourth-order valence-electron chi connectivity index (χ4n) is 0.656. The maximum atomic E-state index is 8.29. The van der Waals surface area contributed by atoms with E-state index in [1.54, 1.807) is 29.1 Å². The van der Waals surface area contributed by atoms with Crippen molar-refractivity contribution in [3.05, 3.63) is 24.5 Å². The molecule has 2 N–H and O–H groups in total. The van der Waals surface area contributed by atoms with Gasteiger partial charge in [-0.25, -0.2) is 0 Å². The number of nitrogens with zero attached hydrogens (tertiary/aromatic N) is 2. The van der Waals surface area contributed by atoms with Crippen molar-refractivity contribution in [2.75, 3.05) is 5.73 Å². The van der Waals surface area contributed by atoms with Gasteiger partial charge in [0.05, 0.1) is 0 Å². The Balaban J connectivity index is 2.81. The van der Waals surface area contributed by atoms with E-state index < -0.39 is 0 Å². The van der Waals surface area contributed by atoms with Crippen molar-refractivity contribution >= 4 is 5.69 Å². The Labute approximate surface area is 59.3 Å². The van der Waals surface area contributed by atoms with E-state index in [1.807, 2.05) is 6.07 Å². The van der Waals surface area contributed by atoms with Crippen molar-refractivity contribution in [3.63, 3.8) is 0 Å². The van der Waals surface area contributed by atoms with E-state index in [-0.39, 0.29) is 0 Å². The number of nitrogen functional groups attached to an aromatic ring is 1. The van der Waals surface area contributed by atoms with Gasteiger partial charge in [-0.05, 0) is 0 Å². The van der Waals surface area contributed by atoms with E-state index >= 15 is 0 Å². The molecule has 1 aromatic rings. The van der Waals surface area contributed by atoms with E-state index in [0.717, 1.165) is 0 Å². The van der Waals surface area contributed by atoms with Crippen molar-refractivity contribution in [2.24, 2.45) is 0 Å². The van der Waals surface area contributed by atoms with Gasteiger partial charge in [0.1, 0.15) is 6.07 Å². The van der Waals surface area contributed by atoms with Crippen LogP contribution in [0.3, 0.4) is 0 Å². The van der Waals surface area contributed by atoms with Crippen LogP contribution in [-0.2, 0) is 6.54 Å². The molecule has 0 aliphatic carbocycles. The summed E-state index contributed by atoms with van der Waals surface area (Å²) in [7, 11) is 0. The lowest BCUT2D eigenvalue weighted by atomic mass is 10.4. The highest BCUT2D eigenvalue weighted by atomic mass is 14.9. The first-order valence-corrected chi connectivity index (χ1v) is 2.94. The number of pyridine rings is 1. The minimum atomic E-state index is 0.375. The predicted molar refractivity (Wildman–Crippen MR) is 36.7 cm³/mol.